The zero-order valence-corrected chi connectivity index (χ0v) is 13.4. The molecule has 0 aliphatic carbocycles. The van der Waals surface area contributed by atoms with Gasteiger partial charge in [0.2, 0.25) is 5.91 Å². The lowest BCUT2D eigenvalue weighted by molar-refractivity contribution is -0.159. The van der Waals surface area contributed by atoms with E-state index >= 15 is 0 Å². The number of halogens is 4. The van der Waals surface area contributed by atoms with Crippen LogP contribution in [0, 0.1) is 5.82 Å². The second-order valence-corrected chi connectivity index (χ2v) is 6.22. The Bertz CT molecular complexity index is 603. The van der Waals surface area contributed by atoms with E-state index in [4.69, 9.17) is 4.74 Å². The first-order valence-electron chi connectivity index (χ1n) is 8.05. The number of hydrogen-bond donors (Lipinski definition) is 0. The third-order valence-corrected chi connectivity index (χ3v) is 4.43. The average molecular weight is 362 g/mol. The summed E-state index contributed by atoms with van der Waals surface area (Å²) in [6.45, 7) is 0.0247. The molecule has 0 radical (unpaired) electrons. The number of piperidine rings is 1. The lowest BCUT2D eigenvalue weighted by atomic mass is 10.0. The van der Waals surface area contributed by atoms with Crippen LogP contribution in [0.15, 0.2) is 12.4 Å². The molecule has 1 aromatic heterocycles. The van der Waals surface area contributed by atoms with Crippen molar-refractivity contribution in [2.45, 2.75) is 37.6 Å². The fraction of sp³-hybridized carbons (Fsp3) is 0.667. The van der Waals surface area contributed by atoms with Crippen LogP contribution in [0.3, 0.4) is 0 Å². The maximum atomic E-state index is 12.8. The highest BCUT2D eigenvalue weighted by atomic mass is 19.4. The fourth-order valence-corrected chi connectivity index (χ4v) is 3.25. The fourth-order valence-electron chi connectivity index (χ4n) is 3.25. The van der Waals surface area contributed by atoms with Crippen molar-refractivity contribution in [1.82, 2.24) is 19.8 Å². The van der Waals surface area contributed by atoms with E-state index in [0.717, 1.165) is 17.3 Å². The van der Waals surface area contributed by atoms with Crippen molar-refractivity contribution in [2.24, 2.45) is 0 Å². The third-order valence-electron chi connectivity index (χ3n) is 4.43. The summed E-state index contributed by atoms with van der Waals surface area (Å²) in [5.41, 5.74) is 0. The van der Waals surface area contributed by atoms with Crippen LogP contribution in [0.1, 0.15) is 19.3 Å². The van der Waals surface area contributed by atoms with Crippen LogP contribution in [-0.4, -0.2) is 70.2 Å². The summed E-state index contributed by atoms with van der Waals surface area (Å²) in [6, 6.07) is -0.404. The molecule has 0 N–H and O–H groups in total. The molecule has 2 saturated heterocycles. The first-order valence-corrected chi connectivity index (χ1v) is 8.05. The number of rotatable bonds is 4. The van der Waals surface area contributed by atoms with Gasteiger partial charge in [-0.05, 0) is 19.3 Å². The van der Waals surface area contributed by atoms with Crippen LogP contribution in [0.25, 0.3) is 0 Å². The van der Waals surface area contributed by atoms with Gasteiger partial charge in [-0.3, -0.25) is 9.69 Å². The van der Waals surface area contributed by atoms with Crippen LogP contribution in [-0.2, 0) is 4.79 Å². The van der Waals surface area contributed by atoms with Crippen molar-refractivity contribution in [3.63, 3.8) is 0 Å². The molecular weight excluding hydrogens is 344 g/mol. The number of hydrogen-bond acceptors (Lipinski definition) is 5. The first-order chi connectivity index (χ1) is 11.8. The van der Waals surface area contributed by atoms with Gasteiger partial charge in [-0.1, -0.05) is 0 Å². The first kappa shape index (κ1) is 17.8. The number of likely N-dealkylation sites (tertiary alicyclic amines) is 2. The molecule has 138 valence electrons. The standard InChI is InChI=1S/C15H18F4N4O2/c16-10-7-20-14(21-8-10)25-11-1-4-22(5-2-11)12-3-6-23(13(12)24)9-15(17,18)19/h7-8,11-12H,1-6,9H2. The minimum Gasteiger partial charge on any atom is -0.460 e. The Hall–Kier alpha value is -1.97. The molecule has 3 heterocycles. The van der Waals surface area contributed by atoms with Gasteiger partial charge in [-0.25, -0.2) is 14.4 Å². The number of aromatic nitrogens is 2. The maximum absolute atomic E-state index is 12.8. The lowest BCUT2D eigenvalue weighted by Gasteiger charge is -2.34. The monoisotopic (exact) mass is 362 g/mol. The molecule has 0 spiro atoms. The minimum atomic E-state index is -4.37. The summed E-state index contributed by atoms with van der Waals surface area (Å²) < 4.78 is 55.8. The van der Waals surface area contributed by atoms with E-state index in [0.29, 0.717) is 32.4 Å². The smallest absolute Gasteiger partial charge is 0.406 e. The molecule has 2 aliphatic heterocycles. The quantitative estimate of drug-likeness (QED) is 0.762. The molecule has 0 aromatic carbocycles. The van der Waals surface area contributed by atoms with Gasteiger partial charge in [0, 0.05) is 19.6 Å². The van der Waals surface area contributed by atoms with Crippen molar-refractivity contribution in [1.29, 1.82) is 0 Å². The Labute approximate surface area is 141 Å². The van der Waals surface area contributed by atoms with Gasteiger partial charge in [0.15, 0.2) is 5.82 Å². The van der Waals surface area contributed by atoms with Crippen LogP contribution in [0.2, 0.25) is 0 Å². The summed E-state index contributed by atoms with van der Waals surface area (Å²) >= 11 is 0. The van der Waals surface area contributed by atoms with E-state index < -0.39 is 30.5 Å². The number of ether oxygens (including phenoxy) is 1. The molecule has 25 heavy (non-hydrogen) atoms. The Kier molecular flexibility index (Phi) is 5.07. The third kappa shape index (κ3) is 4.56. The molecule has 2 aliphatic rings. The Morgan fingerprint density at radius 3 is 2.36 bits per heavy atom. The Morgan fingerprint density at radius 1 is 1.12 bits per heavy atom. The highest BCUT2D eigenvalue weighted by Gasteiger charge is 2.42. The Morgan fingerprint density at radius 2 is 1.76 bits per heavy atom. The second kappa shape index (κ2) is 7.11. The number of carbonyl (C=O) groups is 1. The van der Waals surface area contributed by atoms with Gasteiger partial charge < -0.3 is 9.64 Å². The van der Waals surface area contributed by atoms with Gasteiger partial charge >= 0.3 is 12.2 Å². The van der Waals surface area contributed by atoms with Crippen molar-refractivity contribution < 1.29 is 27.1 Å². The highest BCUT2D eigenvalue weighted by molar-refractivity contribution is 5.84. The van der Waals surface area contributed by atoms with Crippen LogP contribution >= 0.6 is 0 Å². The summed E-state index contributed by atoms with van der Waals surface area (Å²) in [4.78, 5) is 22.4. The average Bonchev–Trinajstić information content (AvgIpc) is 2.90. The molecule has 1 atom stereocenters. The maximum Gasteiger partial charge on any atom is 0.406 e. The Balaban J connectivity index is 1.49. The number of alkyl halides is 3. The molecule has 1 unspecified atom stereocenters. The molecular formula is C15H18F4N4O2. The highest BCUT2D eigenvalue weighted by Crippen LogP contribution is 2.26. The summed E-state index contributed by atoms with van der Waals surface area (Å²) in [5, 5.41) is 0. The van der Waals surface area contributed by atoms with Crippen molar-refractivity contribution in [3.05, 3.63) is 18.2 Å². The lowest BCUT2D eigenvalue weighted by Crippen LogP contribution is -2.48. The van der Waals surface area contributed by atoms with E-state index in [-0.39, 0.29) is 18.7 Å². The van der Waals surface area contributed by atoms with Gasteiger partial charge in [-0.15, -0.1) is 0 Å². The summed E-state index contributed by atoms with van der Waals surface area (Å²) in [6.07, 6.45) is -0.895. The van der Waals surface area contributed by atoms with Gasteiger partial charge in [0.05, 0.1) is 18.4 Å². The van der Waals surface area contributed by atoms with Crippen LogP contribution < -0.4 is 4.74 Å². The molecule has 1 amide bonds. The predicted molar refractivity (Wildman–Crippen MR) is 78.3 cm³/mol. The van der Waals surface area contributed by atoms with Gasteiger partial charge in [0.25, 0.3) is 0 Å². The van der Waals surface area contributed by atoms with E-state index in [1.54, 1.807) is 0 Å². The SMILES string of the molecule is O=C1C(N2CCC(Oc3ncc(F)cn3)CC2)CCN1CC(F)(F)F. The van der Waals surface area contributed by atoms with Gasteiger partial charge in [0.1, 0.15) is 12.6 Å². The number of amides is 1. The molecule has 0 saturated carbocycles. The molecule has 1 aromatic rings. The van der Waals surface area contributed by atoms with Crippen molar-refractivity contribution in [3.8, 4) is 6.01 Å². The number of carbonyl (C=O) groups excluding carboxylic acids is 1. The summed E-state index contributed by atoms with van der Waals surface area (Å²) in [7, 11) is 0. The second-order valence-electron chi connectivity index (χ2n) is 6.22. The van der Waals surface area contributed by atoms with E-state index in [1.807, 2.05) is 4.90 Å². The summed E-state index contributed by atoms with van der Waals surface area (Å²) in [5.74, 6) is -1.01. The van der Waals surface area contributed by atoms with Crippen molar-refractivity contribution >= 4 is 5.91 Å². The molecule has 2 fully saturated rings. The van der Waals surface area contributed by atoms with E-state index in [1.165, 1.54) is 0 Å². The molecule has 6 nitrogen and oxygen atoms in total. The van der Waals surface area contributed by atoms with Gasteiger partial charge in [-0.2, -0.15) is 13.2 Å². The zero-order valence-electron chi connectivity index (χ0n) is 13.4. The number of nitrogens with zero attached hydrogens (tertiary/aromatic N) is 4. The van der Waals surface area contributed by atoms with Crippen molar-refractivity contribution in [2.75, 3.05) is 26.2 Å². The molecule has 3 rings (SSSR count). The van der Waals surface area contributed by atoms with Crippen LogP contribution in [0.4, 0.5) is 17.6 Å². The van der Waals surface area contributed by atoms with E-state index in [9.17, 15) is 22.4 Å². The zero-order chi connectivity index (χ0) is 18.0. The molecule has 0 bridgehead atoms. The topological polar surface area (TPSA) is 58.6 Å². The normalized spacial score (nSPS) is 23.3. The largest absolute Gasteiger partial charge is 0.460 e. The van der Waals surface area contributed by atoms with E-state index in [2.05, 4.69) is 9.97 Å². The van der Waals surface area contributed by atoms with Crippen LogP contribution in [0.5, 0.6) is 6.01 Å². The predicted octanol–water partition coefficient (Wildman–Crippen LogP) is 1.62. The molecule has 10 heteroatoms. The minimum absolute atomic E-state index is 0.0909.